The lowest BCUT2D eigenvalue weighted by molar-refractivity contribution is 0.0724. The Bertz CT molecular complexity index is 877. The molecule has 1 saturated heterocycles. The summed E-state index contributed by atoms with van der Waals surface area (Å²) in [6.45, 7) is 2.53. The summed E-state index contributed by atoms with van der Waals surface area (Å²) in [5, 5.41) is 14.9. The van der Waals surface area contributed by atoms with E-state index in [0.717, 1.165) is 35.6 Å². The maximum absolute atomic E-state index is 12.9. The third kappa shape index (κ3) is 2.31. The number of hydrogen-bond donors (Lipinski definition) is 1. The first kappa shape index (κ1) is 14.7. The van der Waals surface area contributed by atoms with Crippen molar-refractivity contribution in [1.29, 1.82) is 0 Å². The molecule has 1 amide bonds. The van der Waals surface area contributed by atoms with Crippen molar-refractivity contribution in [1.82, 2.24) is 30.0 Å². The Kier molecular flexibility index (Phi) is 3.44. The van der Waals surface area contributed by atoms with Crippen LogP contribution in [0.1, 0.15) is 40.8 Å². The molecule has 4 rings (SSSR count). The second-order valence-electron chi connectivity index (χ2n) is 6.06. The highest BCUT2D eigenvalue weighted by atomic mass is 16.6. The van der Waals surface area contributed by atoms with Crippen molar-refractivity contribution >= 4 is 5.91 Å². The molecular formula is C16H18N6O2. The summed E-state index contributed by atoms with van der Waals surface area (Å²) < 4.78 is 6.76. The van der Waals surface area contributed by atoms with E-state index in [2.05, 4.69) is 20.5 Å². The minimum absolute atomic E-state index is 0.0761. The van der Waals surface area contributed by atoms with Crippen molar-refractivity contribution in [2.75, 3.05) is 6.54 Å². The fourth-order valence-electron chi connectivity index (χ4n) is 3.28. The first-order valence-electron chi connectivity index (χ1n) is 7.92. The first-order valence-corrected chi connectivity index (χ1v) is 7.92. The van der Waals surface area contributed by atoms with Crippen LogP contribution in [0.4, 0.5) is 0 Å². The van der Waals surface area contributed by atoms with E-state index in [1.54, 1.807) is 6.07 Å². The number of nitrogens with zero attached hydrogens (tertiary/aromatic N) is 5. The molecule has 8 heteroatoms. The van der Waals surface area contributed by atoms with Crippen LogP contribution in [0, 0.1) is 6.92 Å². The molecule has 1 unspecified atom stereocenters. The zero-order valence-corrected chi connectivity index (χ0v) is 13.6. The largest absolute Gasteiger partial charge is 0.349 e. The zero-order chi connectivity index (χ0) is 16.7. The third-order valence-electron chi connectivity index (χ3n) is 4.53. The van der Waals surface area contributed by atoms with E-state index in [1.807, 2.05) is 41.8 Å². The highest BCUT2D eigenvalue weighted by Crippen LogP contribution is 2.33. The van der Waals surface area contributed by atoms with Crippen LogP contribution < -0.4 is 0 Å². The smallest absolute Gasteiger partial charge is 0.272 e. The minimum atomic E-state index is -0.0921. The van der Waals surface area contributed by atoms with Crippen LogP contribution in [0.15, 0.2) is 29.0 Å². The number of likely N-dealkylation sites (tertiary alicyclic amines) is 1. The second kappa shape index (κ2) is 5.63. The van der Waals surface area contributed by atoms with Crippen molar-refractivity contribution < 1.29 is 9.42 Å². The zero-order valence-electron chi connectivity index (χ0n) is 13.6. The van der Waals surface area contributed by atoms with Gasteiger partial charge in [0.1, 0.15) is 22.8 Å². The molecule has 0 radical (unpaired) electrons. The Hall–Kier alpha value is -2.90. The molecule has 1 atom stereocenters. The first-order chi connectivity index (χ1) is 11.6. The maximum Gasteiger partial charge on any atom is 0.272 e. The monoisotopic (exact) mass is 326 g/mol. The van der Waals surface area contributed by atoms with Gasteiger partial charge in [0.2, 0.25) is 0 Å². The van der Waals surface area contributed by atoms with Crippen molar-refractivity contribution in [2.45, 2.75) is 25.8 Å². The fraction of sp³-hybridized carbons (Fsp3) is 0.375. The number of amides is 1. The minimum Gasteiger partial charge on any atom is -0.349 e. The number of carbonyl (C=O) groups excluding carboxylic acids is 1. The van der Waals surface area contributed by atoms with Crippen LogP contribution in [-0.4, -0.2) is 42.4 Å². The van der Waals surface area contributed by atoms with Gasteiger partial charge >= 0.3 is 0 Å². The standard InChI is InChI=1S/C16H18N6O2/c1-10-15(20-24-19-10)14-6-4-8-22(14)16(23)12-9-11(17-18-12)13-5-3-7-21(13)2/h3,5,7,9,14H,4,6,8H2,1-2H3,(H,17,18). The molecule has 124 valence electrons. The number of H-pyrrole nitrogens is 1. The van der Waals surface area contributed by atoms with Crippen molar-refractivity contribution in [3.63, 3.8) is 0 Å². The van der Waals surface area contributed by atoms with Gasteiger partial charge in [-0.2, -0.15) is 5.10 Å². The summed E-state index contributed by atoms with van der Waals surface area (Å²) in [6.07, 6.45) is 3.74. The number of aromatic nitrogens is 5. The highest BCUT2D eigenvalue weighted by Gasteiger charge is 2.34. The molecule has 0 aliphatic carbocycles. The molecule has 3 aromatic rings. The topological polar surface area (TPSA) is 92.8 Å². The molecule has 0 saturated carbocycles. The lowest BCUT2D eigenvalue weighted by atomic mass is 10.1. The van der Waals surface area contributed by atoms with E-state index in [-0.39, 0.29) is 11.9 Å². The van der Waals surface area contributed by atoms with E-state index in [4.69, 9.17) is 4.63 Å². The van der Waals surface area contributed by atoms with E-state index < -0.39 is 0 Å². The summed E-state index contributed by atoms with van der Waals surface area (Å²) in [6, 6.07) is 5.61. The average molecular weight is 326 g/mol. The van der Waals surface area contributed by atoms with Crippen molar-refractivity contribution in [3.05, 3.63) is 41.5 Å². The Morgan fingerprint density at radius 2 is 2.29 bits per heavy atom. The van der Waals surface area contributed by atoms with Gasteiger partial charge in [-0.3, -0.25) is 9.89 Å². The molecule has 0 bridgehead atoms. The number of aromatic amines is 1. The Morgan fingerprint density at radius 3 is 3.00 bits per heavy atom. The predicted octanol–water partition coefficient (Wildman–Crippen LogP) is 2.08. The van der Waals surface area contributed by atoms with Gasteiger partial charge in [0.25, 0.3) is 5.91 Å². The highest BCUT2D eigenvalue weighted by molar-refractivity contribution is 5.93. The molecule has 0 spiro atoms. The van der Waals surface area contributed by atoms with Gasteiger partial charge in [-0.15, -0.1) is 0 Å². The lowest BCUT2D eigenvalue weighted by Crippen LogP contribution is -2.31. The van der Waals surface area contributed by atoms with Crippen LogP contribution in [0.2, 0.25) is 0 Å². The average Bonchev–Trinajstić information content (AvgIpc) is 3.32. The summed E-state index contributed by atoms with van der Waals surface area (Å²) in [5.41, 5.74) is 3.66. The van der Waals surface area contributed by atoms with Crippen LogP contribution in [0.5, 0.6) is 0 Å². The van der Waals surface area contributed by atoms with E-state index in [1.165, 1.54) is 0 Å². The molecule has 1 N–H and O–H groups in total. The second-order valence-corrected chi connectivity index (χ2v) is 6.06. The Morgan fingerprint density at radius 1 is 1.42 bits per heavy atom. The number of nitrogens with one attached hydrogen (secondary N) is 1. The molecule has 1 aliphatic rings. The van der Waals surface area contributed by atoms with Gasteiger partial charge in [-0.1, -0.05) is 10.3 Å². The van der Waals surface area contributed by atoms with Crippen LogP contribution >= 0.6 is 0 Å². The van der Waals surface area contributed by atoms with Gasteiger partial charge in [-0.25, -0.2) is 4.63 Å². The number of hydrogen-bond acceptors (Lipinski definition) is 5. The number of aryl methyl sites for hydroxylation is 2. The summed E-state index contributed by atoms with van der Waals surface area (Å²) in [5.74, 6) is -0.0761. The van der Waals surface area contributed by atoms with Crippen molar-refractivity contribution in [2.24, 2.45) is 7.05 Å². The Balaban J connectivity index is 1.61. The summed E-state index contributed by atoms with van der Waals surface area (Å²) >= 11 is 0. The number of rotatable bonds is 3. The molecule has 3 aromatic heterocycles. The van der Waals surface area contributed by atoms with Gasteiger partial charge in [0.05, 0.1) is 11.7 Å². The lowest BCUT2D eigenvalue weighted by Gasteiger charge is -2.22. The molecule has 8 nitrogen and oxygen atoms in total. The van der Waals surface area contributed by atoms with Gasteiger partial charge in [-0.05, 0) is 38.0 Å². The van der Waals surface area contributed by atoms with Gasteiger partial charge in [0, 0.05) is 19.8 Å². The van der Waals surface area contributed by atoms with E-state index in [9.17, 15) is 4.79 Å². The third-order valence-corrected chi connectivity index (χ3v) is 4.53. The van der Waals surface area contributed by atoms with Gasteiger partial charge in [0.15, 0.2) is 0 Å². The van der Waals surface area contributed by atoms with Gasteiger partial charge < -0.3 is 9.47 Å². The molecular weight excluding hydrogens is 308 g/mol. The SMILES string of the molecule is Cc1nonc1C1CCCN1C(=O)c1cc(-c2cccn2C)n[nH]1. The predicted molar refractivity (Wildman–Crippen MR) is 85.0 cm³/mol. The fourth-order valence-corrected chi connectivity index (χ4v) is 3.28. The molecule has 1 fully saturated rings. The van der Waals surface area contributed by atoms with E-state index in [0.29, 0.717) is 12.2 Å². The molecule has 1 aliphatic heterocycles. The molecule has 0 aromatic carbocycles. The maximum atomic E-state index is 12.9. The van der Waals surface area contributed by atoms with Crippen LogP contribution in [-0.2, 0) is 7.05 Å². The summed E-state index contributed by atoms with van der Waals surface area (Å²) in [7, 11) is 1.95. The normalized spacial score (nSPS) is 17.6. The van der Waals surface area contributed by atoms with Crippen molar-refractivity contribution in [3.8, 4) is 11.4 Å². The van der Waals surface area contributed by atoms with Crippen LogP contribution in [0.3, 0.4) is 0 Å². The summed E-state index contributed by atoms with van der Waals surface area (Å²) in [4.78, 5) is 14.7. The molecule has 24 heavy (non-hydrogen) atoms. The van der Waals surface area contributed by atoms with Crippen LogP contribution in [0.25, 0.3) is 11.4 Å². The quantitative estimate of drug-likeness (QED) is 0.795. The van der Waals surface area contributed by atoms with E-state index >= 15 is 0 Å². The molecule has 4 heterocycles. The Labute approximate surface area is 138 Å². The number of carbonyl (C=O) groups is 1.